The second-order valence-corrected chi connectivity index (χ2v) is 31.0. The number of aryl methyl sites for hydroxylation is 1. The van der Waals surface area contributed by atoms with Crippen LogP contribution in [0.3, 0.4) is 0 Å². The standard InChI is InChI=1S/C28H27F3O4.C27H26F3NO3.C27H24F3NO3.C16H19NO2.C11H9F3O3/c1-33-24-15-13-22(25(18-24)28(29,30)31)12-14-23(32)10-6-9-20-11-16-26(34-2)27(17-20)35-19-21-7-4-3-5-8-21;2*1-32-21-10-8-19(23(15-21)27(28,29)30)9-11-24-22-16-25(33-2)26(14-20(22)12-13-31-24)34-17-18-6-4-3-5-7-18;1-18-15-8-7-13(9-10-17)11-16(15)19-12-14-5-3-2-4-6-14;1-17-8-4-2-7(3-5-10(15)16)9(6-8)11(12,13)14/h3-5,7-8,11-18H,6,9-10,19H2,1-2H3;3-11,14-16,24,31H,12-13,17H2,1-2H3;3-11,14-16H,12-13,17H2,1-2H3;2-8,11H,9-10,12,17H2,1H3;2-6H,1H3,(H,15,16)/b14-12+;2*11-9+;;5-3+. The molecule has 14 rings (SSSR count). The summed E-state index contributed by atoms with van der Waals surface area (Å²) >= 11 is 0. The number of benzene rings is 12. The van der Waals surface area contributed by atoms with Gasteiger partial charge in [0, 0.05) is 31.1 Å². The van der Waals surface area contributed by atoms with Crippen LogP contribution in [-0.2, 0) is 86.4 Å². The largest absolute Gasteiger partial charge is 0.497 e. The van der Waals surface area contributed by atoms with E-state index >= 15 is 0 Å². The van der Waals surface area contributed by atoms with E-state index in [9.17, 15) is 62.3 Å². The van der Waals surface area contributed by atoms with E-state index in [0.29, 0.717) is 112 Å². The first-order valence-electron chi connectivity index (χ1n) is 43.6. The van der Waals surface area contributed by atoms with Gasteiger partial charge in [-0.1, -0.05) is 182 Å². The fourth-order valence-corrected chi connectivity index (χ4v) is 14.4. The Kier molecular flexibility index (Phi) is 39.6. The maximum atomic E-state index is 13.6. The number of nitrogens with two attached hydrogens (primary N) is 1. The van der Waals surface area contributed by atoms with E-state index in [1.807, 2.05) is 182 Å². The Bertz CT molecular complexity index is 6170. The molecule has 139 heavy (non-hydrogen) atoms. The molecule has 1 atom stereocenters. The third-order valence-corrected chi connectivity index (χ3v) is 21.6. The number of carbonyl (C=O) groups is 2. The molecule has 18 nitrogen and oxygen atoms in total. The predicted octanol–water partition coefficient (Wildman–Crippen LogP) is 25.1. The van der Waals surface area contributed by atoms with Gasteiger partial charge in [-0.25, -0.2) is 4.79 Å². The van der Waals surface area contributed by atoms with Crippen LogP contribution in [0, 0.1) is 0 Å². The van der Waals surface area contributed by atoms with Crippen molar-refractivity contribution in [3.63, 3.8) is 0 Å². The summed E-state index contributed by atoms with van der Waals surface area (Å²) in [4.78, 5) is 27.1. The Morgan fingerprint density at radius 1 is 0.374 bits per heavy atom. The fraction of sp³-hybridized carbons (Fsp3) is 0.239. The predicted molar refractivity (Wildman–Crippen MR) is 511 cm³/mol. The summed E-state index contributed by atoms with van der Waals surface area (Å²) in [6.45, 7) is 3.60. The number of halogens is 12. The van der Waals surface area contributed by atoms with Crippen molar-refractivity contribution in [2.45, 2.75) is 95.7 Å². The maximum Gasteiger partial charge on any atom is 0.417 e. The number of carboxylic acids is 1. The zero-order chi connectivity index (χ0) is 100. The number of nitrogens with one attached hydrogen (secondary N) is 1. The van der Waals surface area contributed by atoms with E-state index in [1.54, 1.807) is 40.6 Å². The van der Waals surface area contributed by atoms with Gasteiger partial charge in [0.25, 0.3) is 0 Å². The first-order valence-corrected chi connectivity index (χ1v) is 43.6. The summed E-state index contributed by atoms with van der Waals surface area (Å²) < 4.78 is 224. The molecule has 0 aliphatic carbocycles. The quantitative estimate of drug-likeness (QED) is 0.0252. The van der Waals surface area contributed by atoms with Crippen molar-refractivity contribution in [1.82, 2.24) is 5.32 Å². The molecule has 12 aromatic carbocycles. The number of nitrogens with zero attached hydrogens (tertiary/aromatic N) is 1. The van der Waals surface area contributed by atoms with E-state index in [1.165, 1.54) is 95.2 Å². The van der Waals surface area contributed by atoms with Gasteiger partial charge in [-0.05, 0) is 226 Å². The zero-order valence-corrected chi connectivity index (χ0v) is 77.4. The van der Waals surface area contributed by atoms with Crippen molar-refractivity contribution in [3.8, 4) is 69.0 Å². The van der Waals surface area contributed by atoms with Gasteiger partial charge in [-0.3, -0.25) is 9.79 Å². The molecule has 4 N–H and O–H groups in total. The van der Waals surface area contributed by atoms with Gasteiger partial charge in [-0.15, -0.1) is 0 Å². The Morgan fingerprint density at radius 3 is 1.12 bits per heavy atom. The molecule has 0 saturated heterocycles. The van der Waals surface area contributed by atoms with Crippen LogP contribution in [0.15, 0.2) is 284 Å². The summed E-state index contributed by atoms with van der Waals surface area (Å²) in [6.07, 6.45) is -4.18. The minimum Gasteiger partial charge on any atom is -0.497 e. The number of aliphatic imine (C=N–C) groups is 1. The molecule has 0 radical (unpaired) electrons. The summed E-state index contributed by atoms with van der Waals surface area (Å²) in [7, 11) is 11.6. The molecule has 0 amide bonds. The van der Waals surface area contributed by atoms with E-state index < -0.39 is 52.9 Å². The molecule has 12 aromatic rings. The van der Waals surface area contributed by atoms with Gasteiger partial charge >= 0.3 is 30.7 Å². The molecule has 2 aliphatic rings. The number of carboxylic acid groups (broad SMARTS) is 1. The molecular formula is C109H105F12N3O15. The van der Waals surface area contributed by atoms with Gasteiger partial charge in [0.1, 0.15) is 49.4 Å². The SMILES string of the molecule is COc1ccc(/C=C/C(=O)CCCc2ccc(OC)c(OCc3ccccc3)c2)c(C(F)(F)F)c1.COc1ccc(/C=C/C(=O)O)c(C(F)(F)F)c1.COc1ccc(/C=C/C2=NCCc3cc(OCc4ccccc4)c(OC)cc32)c(C(F)(F)F)c1.COc1ccc(/C=C/C2NCCc3cc(OCc4ccccc4)c(OC)cc32)c(C(F)(F)F)c1.COc1ccc(CCN)cc1OCc1ccccc1. The molecule has 1 unspecified atom stereocenters. The highest BCUT2D eigenvalue weighted by atomic mass is 19.4. The Morgan fingerprint density at radius 2 is 0.741 bits per heavy atom. The second-order valence-electron chi connectivity index (χ2n) is 31.0. The first kappa shape index (κ1) is 106. The fourth-order valence-electron chi connectivity index (χ4n) is 14.4. The molecule has 0 spiro atoms. The third kappa shape index (κ3) is 32.4. The molecular weight excluding hydrogens is 1820 g/mol. The average Bonchev–Trinajstić information content (AvgIpc) is 0.796. The normalized spacial score (nSPS) is 12.8. The van der Waals surface area contributed by atoms with Crippen LogP contribution in [0.5, 0.6) is 69.0 Å². The van der Waals surface area contributed by atoms with Gasteiger partial charge < -0.3 is 73.0 Å². The van der Waals surface area contributed by atoms with E-state index in [4.69, 9.17) is 67.7 Å². The van der Waals surface area contributed by atoms with Crippen molar-refractivity contribution in [2.24, 2.45) is 10.7 Å². The van der Waals surface area contributed by atoms with E-state index in [0.717, 1.165) is 116 Å². The number of ether oxygens (including phenoxy) is 12. The summed E-state index contributed by atoms with van der Waals surface area (Å²) in [5, 5.41) is 11.7. The van der Waals surface area contributed by atoms with Crippen molar-refractivity contribution in [2.75, 3.05) is 76.5 Å². The lowest BCUT2D eigenvalue weighted by atomic mass is 9.92. The molecule has 2 heterocycles. The summed E-state index contributed by atoms with van der Waals surface area (Å²) in [5.41, 5.74) is 12.9. The number of alkyl halides is 12. The smallest absolute Gasteiger partial charge is 0.417 e. The number of allylic oxidation sites excluding steroid dienone is 2. The zero-order valence-electron chi connectivity index (χ0n) is 77.4. The van der Waals surface area contributed by atoms with E-state index in [2.05, 4.69) is 10.3 Å². The van der Waals surface area contributed by atoms with Crippen molar-refractivity contribution in [3.05, 3.63) is 379 Å². The summed E-state index contributed by atoms with van der Waals surface area (Å²) in [6, 6.07) is 73.2. The van der Waals surface area contributed by atoms with Crippen LogP contribution in [0.4, 0.5) is 52.7 Å². The number of fused-ring (bicyclic) bond motifs is 2. The monoisotopic (exact) mass is 1920 g/mol. The lowest BCUT2D eigenvalue weighted by Crippen LogP contribution is -2.28. The van der Waals surface area contributed by atoms with Crippen LogP contribution in [0.1, 0.15) is 119 Å². The number of hydrogen-bond acceptors (Lipinski definition) is 17. The minimum atomic E-state index is -4.56. The van der Waals surface area contributed by atoms with Crippen LogP contribution in [0.2, 0.25) is 0 Å². The number of hydrogen-bond donors (Lipinski definition) is 3. The minimum absolute atomic E-state index is 0.0397. The van der Waals surface area contributed by atoms with Crippen LogP contribution in [-0.4, -0.2) is 99.1 Å². The molecule has 2 aliphatic heterocycles. The van der Waals surface area contributed by atoms with Crippen molar-refractivity contribution < 1.29 is 124 Å². The average molecular weight is 1930 g/mol. The maximum absolute atomic E-state index is 13.6. The highest BCUT2D eigenvalue weighted by molar-refractivity contribution is 6.12. The molecule has 0 saturated carbocycles. The molecule has 0 bridgehead atoms. The van der Waals surface area contributed by atoms with E-state index in [-0.39, 0.29) is 63.5 Å². The highest BCUT2D eigenvalue weighted by Crippen LogP contribution is 2.43. The first-order chi connectivity index (χ1) is 66.7. The van der Waals surface area contributed by atoms with Gasteiger partial charge in [-0.2, -0.15) is 52.7 Å². The third-order valence-electron chi connectivity index (χ3n) is 21.6. The number of rotatable bonds is 34. The Hall–Kier alpha value is -14.9. The lowest BCUT2D eigenvalue weighted by Gasteiger charge is -2.26. The van der Waals surface area contributed by atoms with Gasteiger partial charge in [0.05, 0.1) is 90.9 Å². The molecule has 730 valence electrons. The Labute approximate surface area is 798 Å². The van der Waals surface area contributed by atoms with Crippen molar-refractivity contribution >= 4 is 41.8 Å². The number of carbonyl (C=O) groups excluding carboxylic acids is 1. The van der Waals surface area contributed by atoms with Crippen LogP contribution < -0.4 is 67.9 Å². The number of aliphatic carboxylic acids is 1. The number of ketones is 1. The second kappa shape index (κ2) is 51.9. The van der Waals surface area contributed by atoms with Crippen LogP contribution >= 0.6 is 0 Å². The molecule has 0 aromatic heterocycles. The Balaban J connectivity index is 0.000000184. The lowest BCUT2D eigenvalue weighted by molar-refractivity contribution is -0.138. The highest BCUT2D eigenvalue weighted by Gasteiger charge is 2.37. The van der Waals surface area contributed by atoms with Crippen LogP contribution in [0.25, 0.3) is 24.3 Å². The van der Waals surface area contributed by atoms with Gasteiger partial charge in [0.15, 0.2) is 51.8 Å². The van der Waals surface area contributed by atoms with Gasteiger partial charge in [0.2, 0.25) is 0 Å². The van der Waals surface area contributed by atoms with Crippen molar-refractivity contribution in [1.29, 1.82) is 0 Å². The summed E-state index contributed by atoms with van der Waals surface area (Å²) in [5.74, 6) is 4.03. The topological polar surface area (TPSA) is 216 Å². The molecule has 0 fully saturated rings. The molecule has 30 heteroatoms. The number of methoxy groups -OCH3 is 8.